The molecule has 1 aliphatic heterocycles. The van der Waals surface area contributed by atoms with E-state index in [1.807, 2.05) is 23.9 Å². The molecular formula is C13H19NO2S. The Morgan fingerprint density at radius 2 is 2.24 bits per heavy atom. The fourth-order valence-corrected chi connectivity index (χ4v) is 2.99. The van der Waals surface area contributed by atoms with Crippen LogP contribution in [0.25, 0.3) is 0 Å². The minimum atomic E-state index is 0.552. The average Bonchev–Trinajstić information content (AvgIpc) is 2.40. The van der Waals surface area contributed by atoms with Gasteiger partial charge < -0.3 is 14.8 Å². The summed E-state index contributed by atoms with van der Waals surface area (Å²) >= 11 is 2.02. The number of ether oxygens (including phenoxy) is 2. The summed E-state index contributed by atoms with van der Waals surface area (Å²) in [7, 11) is 3.38. The van der Waals surface area contributed by atoms with Crippen LogP contribution in [0.4, 0.5) is 0 Å². The number of thioether (sulfide) groups is 1. The maximum Gasteiger partial charge on any atom is 0.125 e. The zero-order chi connectivity index (χ0) is 12.1. The van der Waals surface area contributed by atoms with Gasteiger partial charge in [0.25, 0.3) is 0 Å². The van der Waals surface area contributed by atoms with Gasteiger partial charge in [0.15, 0.2) is 0 Å². The van der Waals surface area contributed by atoms with Crippen molar-refractivity contribution < 1.29 is 9.47 Å². The molecule has 1 heterocycles. The smallest absolute Gasteiger partial charge is 0.125 e. The molecule has 0 bridgehead atoms. The van der Waals surface area contributed by atoms with Gasteiger partial charge >= 0.3 is 0 Å². The quantitative estimate of drug-likeness (QED) is 0.888. The summed E-state index contributed by atoms with van der Waals surface area (Å²) in [4.78, 5) is 0. The summed E-state index contributed by atoms with van der Waals surface area (Å²) in [6.07, 6.45) is 1.01. The molecule has 1 unspecified atom stereocenters. The van der Waals surface area contributed by atoms with E-state index in [1.54, 1.807) is 14.2 Å². The fourth-order valence-electron chi connectivity index (χ4n) is 2.04. The summed E-state index contributed by atoms with van der Waals surface area (Å²) in [5.74, 6) is 4.16. The molecular weight excluding hydrogens is 234 g/mol. The zero-order valence-corrected chi connectivity index (χ0v) is 11.2. The molecule has 0 saturated carbocycles. The molecule has 3 nitrogen and oxygen atoms in total. The molecule has 4 heteroatoms. The Balaban J connectivity index is 2.08. The van der Waals surface area contributed by atoms with E-state index in [9.17, 15) is 0 Å². The van der Waals surface area contributed by atoms with E-state index >= 15 is 0 Å². The third-order valence-corrected chi connectivity index (χ3v) is 4.09. The average molecular weight is 253 g/mol. The molecule has 0 radical (unpaired) electrons. The highest BCUT2D eigenvalue weighted by Gasteiger charge is 2.15. The van der Waals surface area contributed by atoms with Crippen LogP contribution < -0.4 is 14.8 Å². The maximum atomic E-state index is 5.41. The minimum Gasteiger partial charge on any atom is -0.497 e. The number of hydrogen-bond acceptors (Lipinski definition) is 4. The number of benzene rings is 1. The zero-order valence-electron chi connectivity index (χ0n) is 10.4. The van der Waals surface area contributed by atoms with Crippen molar-refractivity contribution in [2.24, 2.45) is 0 Å². The van der Waals surface area contributed by atoms with Crippen LogP contribution >= 0.6 is 11.8 Å². The van der Waals surface area contributed by atoms with Crippen molar-refractivity contribution in [2.45, 2.75) is 12.5 Å². The van der Waals surface area contributed by atoms with Crippen molar-refractivity contribution in [3.05, 3.63) is 23.8 Å². The van der Waals surface area contributed by atoms with Crippen LogP contribution in [-0.4, -0.2) is 38.3 Å². The number of methoxy groups -OCH3 is 2. The summed E-state index contributed by atoms with van der Waals surface area (Å²) < 4.78 is 10.6. The lowest BCUT2D eigenvalue weighted by Gasteiger charge is -2.24. The second-order valence-corrected chi connectivity index (χ2v) is 5.26. The molecule has 17 heavy (non-hydrogen) atoms. The van der Waals surface area contributed by atoms with Crippen molar-refractivity contribution in [1.29, 1.82) is 0 Å². The molecule has 0 spiro atoms. The summed E-state index contributed by atoms with van der Waals surface area (Å²) in [6.45, 7) is 1.10. The molecule has 1 aromatic carbocycles. The van der Waals surface area contributed by atoms with E-state index in [2.05, 4.69) is 11.4 Å². The Morgan fingerprint density at radius 1 is 1.35 bits per heavy atom. The highest BCUT2D eigenvalue weighted by molar-refractivity contribution is 7.99. The highest BCUT2D eigenvalue weighted by atomic mass is 32.2. The van der Waals surface area contributed by atoms with Gasteiger partial charge in [-0.05, 0) is 18.1 Å². The Kier molecular flexibility index (Phi) is 4.57. The lowest BCUT2D eigenvalue weighted by molar-refractivity contribution is 0.389. The Morgan fingerprint density at radius 3 is 2.88 bits per heavy atom. The van der Waals surface area contributed by atoms with E-state index in [-0.39, 0.29) is 0 Å². The van der Waals surface area contributed by atoms with E-state index in [0.717, 1.165) is 24.5 Å². The van der Waals surface area contributed by atoms with Crippen LogP contribution in [0.1, 0.15) is 5.56 Å². The fraction of sp³-hybridized carbons (Fsp3) is 0.538. The predicted octanol–water partition coefficient (Wildman–Crippen LogP) is 1.95. The van der Waals surface area contributed by atoms with Gasteiger partial charge in [-0.2, -0.15) is 11.8 Å². The molecule has 1 fully saturated rings. The first-order chi connectivity index (χ1) is 8.33. The normalized spacial score (nSPS) is 20.0. The first-order valence-electron chi connectivity index (χ1n) is 5.85. The van der Waals surface area contributed by atoms with Gasteiger partial charge in [0.05, 0.1) is 14.2 Å². The Labute approximate surface area is 107 Å². The van der Waals surface area contributed by atoms with Gasteiger partial charge in [0.1, 0.15) is 11.5 Å². The van der Waals surface area contributed by atoms with Crippen molar-refractivity contribution in [1.82, 2.24) is 5.32 Å². The summed E-state index contributed by atoms with van der Waals surface area (Å²) in [5.41, 5.74) is 1.24. The number of hydrogen-bond donors (Lipinski definition) is 1. The van der Waals surface area contributed by atoms with Gasteiger partial charge in [0, 0.05) is 30.2 Å². The molecule has 1 saturated heterocycles. The van der Waals surface area contributed by atoms with E-state index in [1.165, 1.54) is 17.1 Å². The van der Waals surface area contributed by atoms with Gasteiger partial charge in [-0.3, -0.25) is 0 Å². The lowest BCUT2D eigenvalue weighted by atomic mass is 10.1. The molecule has 1 N–H and O–H groups in total. The van der Waals surface area contributed by atoms with Crippen LogP contribution in [0.2, 0.25) is 0 Å². The minimum absolute atomic E-state index is 0.552. The Bertz CT molecular complexity index is 364. The molecule has 94 valence electrons. The molecule has 2 rings (SSSR count). The third kappa shape index (κ3) is 3.30. The Hall–Kier alpha value is -0.870. The summed E-state index contributed by atoms with van der Waals surface area (Å²) in [6, 6.07) is 6.59. The van der Waals surface area contributed by atoms with E-state index in [0.29, 0.717) is 6.04 Å². The second kappa shape index (κ2) is 6.17. The van der Waals surface area contributed by atoms with E-state index in [4.69, 9.17) is 9.47 Å². The molecule has 0 amide bonds. The molecule has 0 aromatic heterocycles. The van der Waals surface area contributed by atoms with Gasteiger partial charge in [-0.1, -0.05) is 6.07 Å². The number of rotatable bonds is 4. The first-order valence-corrected chi connectivity index (χ1v) is 7.01. The monoisotopic (exact) mass is 253 g/mol. The van der Waals surface area contributed by atoms with Gasteiger partial charge in [0.2, 0.25) is 0 Å². The van der Waals surface area contributed by atoms with Crippen molar-refractivity contribution in [3.63, 3.8) is 0 Å². The van der Waals surface area contributed by atoms with Crippen LogP contribution in [-0.2, 0) is 6.42 Å². The predicted molar refractivity (Wildman–Crippen MR) is 72.4 cm³/mol. The van der Waals surface area contributed by atoms with Crippen molar-refractivity contribution in [3.8, 4) is 11.5 Å². The van der Waals surface area contributed by atoms with Crippen molar-refractivity contribution in [2.75, 3.05) is 32.3 Å². The third-order valence-electron chi connectivity index (χ3n) is 2.96. The van der Waals surface area contributed by atoms with Gasteiger partial charge in [-0.25, -0.2) is 0 Å². The molecule has 1 atom stereocenters. The molecule has 0 aliphatic carbocycles. The number of nitrogens with one attached hydrogen (secondary N) is 1. The summed E-state index contributed by atoms with van der Waals surface area (Å²) in [5, 5.41) is 3.54. The first kappa shape index (κ1) is 12.6. The van der Waals surface area contributed by atoms with Crippen LogP contribution in [0.15, 0.2) is 18.2 Å². The standard InChI is InChI=1S/C13H19NO2S/c1-15-12-4-3-10(13(8-12)16-2)7-11-9-17-6-5-14-11/h3-4,8,11,14H,5-7,9H2,1-2H3. The maximum absolute atomic E-state index is 5.41. The van der Waals surface area contributed by atoms with Crippen molar-refractivity contribution >= 4 is 11.8 Å². The molecule has 1 aliphatic rings. The SMILES string of the molecule is COc1ccc(CC2CSCCN2)c(OC)c1. The lowest BCUT2D eigenvalue weighted by Crippen LogP contribution is -2.38. The molecule has 1 aromatic rings. The van der Waals surface area contributed by atoms with Gasteiger partial charge in [-0.15, -0.1) is 0 Å². The van der Waals surface area contributed by atoms with Crippen LogP contribution in [0.3, 0.4) is 0 Å². The van der Waals surface area contributed by atoms with Crippen LogP contribution in [0.5, 0.6) is 11.5 Å². The second-order valence-electron chi connectivity index (χ2n) is 4.11. The van der Waals surface area contributed by atoms with E-state index < -0.39 is 0 Å². The largest absolute Gasteiger partial charge is 0.497 e. The van der Waals surface area contributed by atoms with Crippen LogP contribution in [0, 0.1) is 0 Å². The highest BCUT2D eigenvalue weighted by Crippen LogP contribution is 2.26. The topological polar surface area (TPSA) is 30.5 Å².